The maximum Gasteiger partial charge on any atom is 0.166 e. The molecule has 3 nitrogen and oxygen atoms in total. The Kier molecular flexibility index (Phi) is 5.56. The highest BCUT2D eigenvalue weighted by Gasteiger charge is 2.26. The molecule has 0 saturated heterocycles. The van der Waals surface area contributed by atoms with Gasteiger partial charge in [0.15, 0.2) is 5.78 Å². The van der Waals surface area contributed by atoms with Crippen molar-refractivity contribution in [2.24, 2.45) is 5.92 Å². The molecule has 0 unspecified atom stereocenters. The lowest BCUT2D eigenvalue weighted by Crippen LogP contribution is -2.16. The lowest BCUT2D eigenvalue weighted by atomic mass is 9.91. The Morgan fingerprint density at radius 3 is 2.67 bits per heavy atom. The molecule has 1 heterocycles. The van der Waals surface area contributed by atoms with Crippen LogP contribution < -0.4 is 0 Å². The number of thiazole rings is 1. The minimum absolute atomic E-state index is 0.0132. The number of ketones is 2. The molecule has 0 amide bonds. The van der Waals surface area contributed by atoms with Gasteiger partial charge in [0.05, 0.1) is 16.4 Å². The Bertz CT molecular complexity index is 768. The van der Waals surface area contributed by atoms with Crippen LogP contribution >= 0.6 is 27.3 Å². The van der Waals surface area contributed by atoms with E-state index in [2.05, 4.69) is 20.9 Å². The number of rotatable bonds is 6. The van der Waals surface area contributed by atoms with Crippen LogP contribution in [-0.4, -0.2) is 16.6 Å². The second kappa shape index (κ2) is 7.66. The molecule has 126 valence electrons. The van der Waals surface area contributed by atoms with Crippen LogP contribution in [0.5, 0.6) is 0 Å². The van der Waals surface area contributed by atoms with Crippen molar-refractivity contribution in [2.75, 3.05) is 0 Å². The van der Waals surface area contributed by atoms with Gasteiger partial charge in [0.2, 0.25) is 0 Å². The second-order valence-electron chi connectivity index (χ2n) is 6.10. The Labute approximate surface area is 152 Å². The van der Waals surface area contributed by atoms with E-state index in [9.17, 15) is 14.0 Å². The fourth-order valence-electron chi connectivity index (χ4n) is 3.17. The molecule has 1 aromatic carbocycles. The predicted molar refractivity (Wildman–Crippen MR) is 94.9 cm³/mol. The minimum Gasteiger partial charge on any atom is -0.299 e. The van der Waals surface area contributed by atoms with E-state index in [1.165, 1.54) is 29.5 Å². The Morgan fingerprint density at radius 1 is 1.25 bits per heavy atom. The Hall–Kier alpha value is -1.40. The third-order valence-electron chi connectivity index (χ3n) is 4.32. The lowest BCUT2D eigenvalue weighted by molar-refractivity contribution is -0.117. The number of Topliss-reactive ketones (excluding diaryl/α,β-unsaturated/α-hetero) is 2. The first-order chi connectivity index (χ1) is 11.5. The largest absolute Gasteiger partial charge is 0.299 e. The first-order valence-electron chi connectivity index (χ1n) is 7.97. The quantitative estimate of drug-likeness (QED) is 0.645. The van der Waals surface area contributed by atoms with Gasteiger partial charge in [0, 0.05) is 17.9 Å². The van der Waals surface area contributed by atoms with Crippen molar-refractivity contribution < 1.29 is 14.0 Å². The number of benzene rings is 1. The summed E-state index contributed by atoms with van der Waals surface area (Å²) in [4.78, 5) is 29.1. The smallest absolute Gasteiger partial charge is 0.166 e. The highest BCUT2D eigenvalue weighted by molar-refractivity contribution is 9.11. The Balaban J connectivity index is 1.77. The summed E-state index contributed by atoms with van der Waals surface area (Å²) >= 11 is 4.72. The second-order valence-corrected chi connectivity index (χ2v) is 8.59. The van der Waals surface area contributed by atoms with E-state index in [1.807, 2.05) is 0 Å². The molecule has 0 atom stereocenters. The molecule has 0 aliphatic heterocycles. The topological polar surface area (TPSA) is 47.0 Å². The molecule has 3 rings (SSSR count). The third kappa shape index (κ3) is 4.16. The zero-order valence-electron chi connectivity index (χ0n) is 13.1. The van der Waals surface area contributed by atoms with Gasteiger partial charge in [-0.1, -0.05) is 12.8 Å². The predicted octanol–water partition coefficient (Wildman–Crippen LogP) is 4.77. The monoisotopic (exact) mass is 409 g/mol. The van der Waals surface area contributed by atoms with Crippen molar-refractivity contribution in [3.05, 3.63) is 50.1 Å². The molecule has 1 aromatic heterocycles. The van der Waals surface area contributed by atoms with Crippen molar-refractivity contribution in [2.45, 2.75) is 38.5 Å². The molecule has 0 radical (unpaired) electrons. The van der Waals surface area contributed by atoms with E-state index in [-0.39, 0.29) is 30.3 Å². The number of halogens is 2. The molecular weight excluding hydrogens is 393 g/mol. The molecule has 6 heteroatoms. The average Bonchev–Trinajstić information content (AvgIpc) is 3.18. The number of hydrogen-bond acceptors (Lipinski definition) is 4. The zero-order chi connectivity index (χ0) is 17.1. The van der Waals surface area contributed by atoms with Crippen molar-refractivity contribution in [1.82, 2.24) is 4.98 Å². The van der Waals surface area contributed by atoms with Gasteiger partial charge < -0.3 is 0 Å². The summed E-state index contributed by atoms with van der Waals surface area (Å²) in [6.45, 7) is 0. The fraction of sp³-hybridized carbons (Fsp3) is 0.389. The van der Waals surface area contributed by atoms with Crippen molar-refractivity contribution in [3.8, 4) is 0 Å². The van der Waals surface area contributed by atoms with Gasteiger partial charge in [0.1, 0.15) is 16.6 Å². The van der Waals surface area contributed by atoms with Gasteiger partial charge in [-0.2, -0.15) is 0 Å². The summed E-state index contributed by atoms with van der Waals surface area (Å²) in [7, 11) is 0. The molecule has 1 saturated carbocycles. The summed E-state index contributed by atoms with van der Waals surface area (Å²) < 4.78 is 14.5. The number of aromatic nitrogens is 1. The summed E-state index contributed by atoms with van der Waals surface area (Å²) in [5.74, 6) is -0.424. The number of nitrogens with zero attached hydrogens (tertiary/aromatic N) is 1. The summed E-state index contributed by atoms with van der Waals surface area (Å²) in [5.41, 5.74) is 0.990. The third-order valence-corrected chi connectivity index (χ3v) is 5.80. The molecule has 0 N–H and O–H groups in total. The minimum atomic E-state index is -0.419. The van der Waals surface area contributed by atoms with Crippen LogP contribution in [0.2, 0.25) is 0 Å². The van der Waals surface area contributed by atoms with Crippen LogP contribution in [-0.2, 0) is 17.6 Å². The first-order valence-corrected chi connectivity index (χ1v) is 9.58. The van der Waals surface area contributed by atoms with Gasteiger partial charge >= 0.3 is 0 Å². The molecule has 0 spiro atoms. The molecule has 1 fully saturated rings. The zero-order valence-corrected chi connectivity index (χ0v) is 15.5. The highest BCUT2D eigenvalue weighted by atomic mass is 79.9. The molecule has 1 aliphatic carbocycles. The van der Waals surface area contributed by atoms with Crippen molar-refractivity contribution in [3.63, 3.8) is 0 Å². The van der Waals surface area contributed by atoms with E-state index < -0.39 is 5.82 Å². The summed E-state index contributed by atoms with van der Waals surface area (Å²) in [5, 5.41) is 0.715. The van der Waals surface area contributed by atoms with Crippen LogP contribution in [0.1, 0.15) is 46.6 Å². The van der Waals surface area contributed by atoms with Crippen LogP contribution in [0.15, 0.2) is 28.2 Å². The van der Waals surface area contributed by atoms with Crippen LogP contribution in [0, 0.1) is 11.7 Å². The van der Waals surface area contributed by atoms with Crippen LogP contribution in [0.4, 0.5) is 4.39 Å². The van der Waals surface area contributed by atoms with Gasteiger partial charge in [-0.05, 0) is 52.5 Å². The molecule has 24 heavy (non-hydrogen) atoms. The summed E-state index contributed by atoms with van der Waals surface area (Å²) in [6.07, 6.45) is 5.81. The van der Waals surface area contributed by atoms with E-state index >= 15 is 0 Å². The number of hydrogen-bond donors (Lipinski definition) is 0. The molecular formula is C18H17BrFNO2S. The maximum absolute atomic E-state index is 13.6. The van der Waals surface area contributed by atoms with E-state index in [0.717, 1.165) is 29.5 Å². The van der Waals surface area contributed by atoms with Gasteiger partial charge in [-0.3, -0.25) is 9.59 Å². The normalized spacial score (nSPS) is 14.9. The SMILES string of the molecule is O=C(Cc1ncc(Br)s1)Cc1cc(F)ccc1C(=O)C1CCCC1. The fourth-order valence-corrected chi connectivity index (χ4v) is 4.50. The van der Waals surface area contributed by atoms with Crippen molar-refractivity contribution >= 4 is 38.8 Å². The molecule has 0 bridgehead atoms. The average molecular weight is 410 g/mol. The Morgan fingerprint density at radius 2 is 2.00 bits per heavy atom. The van der Waals surface area contributed by atoms with Crippen LogP contribution in [0.3, 0.4) is 0 Å². The van der Waals surface area contributed by atoms with E-state index in [4.69, 9.17) is 0 Å². The van der Waals surface area contributed by atoms with Gasteiger partial charge in [0.25, 0.3) is 0 Å². The van der Waals surface area contributed by atoms with Gasteiger partial charge in [-0.25, -0.2) is 9.37 Å². The van der Waals surface area contributed by atoms with Gasteiger partial charge in [-0.15, -0.1) is 11.3 Å². The highest BCUT2D eigenvalue weighted by Crippen LogP contribution is 2.29. The molecule has 1 aliphatic rings. The maximum atomic E-state index is 13.6. The van der Waals surface area contributed by atoms with Crippen molar-refractivity contribution in [1.29, 1.82) is 0 Å². The van der Waals surface area contributed by atoms with E-state index in [0.29, 0.717) is 16.1 Å². The standard InChI is InChI=1S/C18H17BrFNO2S/c19-16-10-21-17(24-16)9-14(22)8-12-7-13(20)5-6-15(12)18(23)11-3-1-2-4-11/h5-7,10-11H,1-4,8-9H2. The first kappa shape index (κ1) is 17.4. The molecule has 2 aromatic rings. The number of carbonyl (C=O) groups excluding carboxylic acids is 2. The van der Waals surface area contributed by atoms with Crippen LogP contribution in [0.25, 0.3) is 0 Å². The number of carbonyl (C=O) groups is 2. The lowest BCUT2D eigenvalue weighted by Gasteiger charge is -2.12. The van der Waals surface area contributed by atoms with E-state index in [1.54, 1.807) is 6.20 Å². The summed E-state index contributed by atoms with van der Waals surface area (Å²) in [6, 6.07) is 4.14.